The minimum atomic E-state index is -1.47. The summed E-state index contributed by atoms with van der Waals surface area (Å²) in [6, 6.07) is 12.6. The molecule has 2 aromatic rings. The number of amides is 1. The molecule has 0 radical (unpaired) electrons. The minimum absolute atomic E-state index is 0.0392. The zero-order chi connectivity index (χ0) is 18.4. The maximum absolute atomic E-state index is 12.1. The fraction of sp³-hybridized carbons (Fsp3) is 0.167. The highest BCUT2D eigenvalue weighted by molar-refractivity contribution is 5.88. The molecule has 0 heterocycles. The van der Waals surface area contributed by atoms with Crippen LogP contribution >= 0.6 is 0 Å². The molecule has 0 saturated carbocycles. The lowest BCUT2D eigenvalue weighted by molar-refractivity contribution is -0.143. The van der Waals surface area contributed by atoms with Gasteiger partial charge in [0.1, 0.15) is 6.04 Å². The molecular weight excluding hydrogens is 326 g/mol. The lowest BCUT2D eigenvalue weighted by atomic mass is 10.0. The van der Waals surface area contributed by atoms with Crippen molar-refractivity contribution in [2.45, 2.75) is 18.6 Å². The van der Waals surface area contributed by atoms with E-state index in [9.17, 15) is 24.6 Å². The lowest BCUT2D eigenvalue weighted by Gasteiger charge is -2.17. The van der Waals surface area contributed by atoms with E-state index in [2.05, 4.69) is 5.32 Å². The van der Waals surface area contributed by atoms with E-state index in [1.54, 1.807) is 30.3 Å². The summed E-state index contributed by atoms with van der Waals surface area (Å²) in [5.74, 6) is -3.16. The molecule has 0 aliphatic rings. The van der Waals surface area contributed by atoms with E-state index in [1.165, 1.54) is 24.3 Å². The first-order valence-corrected chi connectivity index (χ1v) is 7.47. The van der Waals surface area contributed by atoms with Gasteiger partial charge in [0, 0.05) is 6.42 Å². The van der Waals surface area contributed by atoms with Gasteiger partial charge in [0.2, 0.25) is 0 Å². The fourth-order valence-corrected chi connectivity index (χ4v) is 2.26. The Morgan fingerprint density at radius 2 is 1.52 bits per heavy atom. The Kier molecular flexibility index (Phi) is 5.86. The summed E-state index contributed by atoms with van der Waals surface area (Å²) < 4.78 is 0. The van der Waals surface area contributed by atoms with E-state index in [0.717, 1.165) is 0 Å². The van der Waals surface area contributed by atoms with Crippen LogP contribution < -0.4 is 5.32 Å². The Hall–Kier alpha value is -3.19. The third-order valence-electron chi connectivity index (χ3n) is 3.62. The zero-order valence-corrected chi connectivity index (χ0v) is 13.1. The average molecular weight is 343 g/mol. The Morgan fingerprint density at radius 1 is 0.920 bits per heavy atom. The largest absolute Gasteiger partial charge is 0.480 e. The number of benzene rings is 2. The summed E-state index contributed by atoms with van der Waals surface area (Å²) in [5.41, 5.74) is 0.987. The minimum Gasteiger partial charge on any atom is -0.480 e. The van der Waals surface area contributed by atoms with Crippen molar-refractivity contribution in [1.29, 1.82) is 0 Å². The molecule has 0 fully saturated rings. The standard InChI is InChI=1S/C18H17NO6/c20-15(12-4-2-1-3-5-12)16(21)19-14(18(24)25)10-11-6-8-13(9-7-11)17(22)23/h1-9,14-15,20H,10H2,(H,19,21)(H,22,23)(H,24,25)/t14-,15+/m1/s1. The summed E-state index contributed by atoms with van der Waals surface area (Å²) >= 11 is 0. The second kappa shape index (κ2) is 8.07. The van der Waals surface area contributed by atoms with Crippen LogP contribution in [-0.4, -0.2) is 39.2 Å². The maximum atomic E-state index is 12.1. The van der Waals surface area contributed by atoms with Crippen LogP contribution in [0.5, 0.6) is 0 Å². The number of aliphatic hydroxyl groups excluding tert-OH is 1. The number of aliphatic carboxylic acids is 1. The molecule has 2 aromatic carbocycles. The van der Waals surface area contributed by atoms with Crippen molar-refractivity contribution in [2.24, 2.45) is 0 Å². The highest BCUT2D eigenvalue weighted by atomic mass is 16.4. The number of carbonyl (C=O) groups is 3. The molecule has 0 bridgehead atoms. The van der Waals surface area contributed by atoms with Crippen LogP contribution in [-0.2, 0) is 16.0 Å². The SMILES string of the molecule is O=C(O)c1ccc(C[C@@H](NC(=O)[C@@H](O)c2ccccc2)C(=O)O)cc1. The van der Waals surface area contributed by atoms with Gasteiger partial charge in [-0.05, 0) is 23.3 Å². The summed E-state index contributed by atoms with van der Waals surface area (Å²) in [6.45, 7) is 0. The molecule has 0 aliphatic heterocycles. The quantitative estimate of drug-likeness (QED) is 0.599. The first-order chi connectivity index (χ1) is 11.9. The number of carboxylic acids is 2. The molecule has 4 N–H and O–H groups in total. The number of hydrogen-bond donors (Lipinski definition) is 4. The number of carbonyl (C=O) groups excluding carboxylic acids is 1. The monoisotopic (exact) mass is 343 g/mol. The van der Waals surface area contributed by atoms with E-state index in [0.29, 0.717) is 11.1 Å². The van der Waals surface area contributed by atoms with Crippen LogP contribution in [0.15, 0.2) is 54.6 Å². The van der Waals surface area contributed by atoms with Gasteiger partial charge in [0.05, 0.1) is 5.56 Å². The molecule has 0 unspecified atom stereocenters. The number of aliphatic hydroxyl groups is 1. The highest BCUT2D eigenvalue weighted by Crippen LogP contribution is 2.13. The summed E-state index contributed by atoms with van der Waals surface area (Å²) in [4.78, 5) is 34.3. The van der Waals surface area contributed by atoms with E-state index in [-0.39, 0.29) is 12.0 Å². The second-order valence-electron chi connectivity index (χ2n) is 5.42. The van der Waals surface area contributed by atoms with Gasteiger partial charge in [-0.25, -0.2) is 9.59 Å². The predicted octanol–water partition coefficient (Wildman–Crippen LogP) is 1.23. The van der Waals surface area contributed by atoms with E-state index in [1.807, 2.05) is 0 Å². The van der Waals surface area contributed by atoms with Crippen molar-refractivity contribution in [3.8, 4) is 0 Å². The van der Waals surface area contributed by atoms with E-state index >= 15 is 0 Å². The van der Waals surface area contributed by atoms with Crippen LogP contribution in [0, 0.1) is 0 Å². The van der Waals surface area contributed by atoms with Gasteiger partial charge in [-0.2, -0.15) is 0 Å². The average Bonchev–Trinajstić information content (AvgIpc) is 2.61. The Labute approximate surface area is 143 Å². The molecule has 2 atom stereocenters. The third-order valence-corrected chi connectivity index (χ3v) is 3.62. The fourth-order valence-electron chi connectivity index (χ4n) is 2.26. The van der Waals surface area contributed by atoms with Crippen LogP contribution in [0.25, 0.3) is 0 Å². The van der Waals surface area contributed by atoms with Crippen LogP contribution in [0.3, 0.4) is 0 Å². The maximum Gasteiger partial charge on any atom is 0.335 e. The van der Waals surface area contributed by atoms with Crippen molar-refractivity contribution in [2.75, 3.05) is 0 Å². The first-order valence-electron chi connectivity index (χ1n) is 7.47. The van der Waals surface area contributed by atoms with Crippen LogP contribution in [0.1, 0.15) is 27.6 Å². The van der Waals surface area contributed by atoms with Gasteiger partial charge >= 0.3 is 11.9 Å². The van der Waals surface area contributed by atoms with Crippen LogP contribution in [0.4, 0.5) is 0 Å². The predicted molar refractivity (Wildman–Crippen MR) is 88.1 cm³/mol. The molecule has 7 heteroatoms. The van der Waals surface area contributed by atoms with Crippen molar-refractivity contribution in [3.05, 3.63) is 71.3 Å². The number of hydrogen-bond acceptors (Lipinski definition) is 4. The highest BCUT2D eigenvalue weighted by Gasteiger charge is 2.25. The Bertz CT molecular complexity index is 757. The molecule has 1 amide bonds. The molecule has 0 saturated heterocycles. The van der Waals surface area contributed by atoms with Crippen molar-refractivity contribution < 1.29 is 29.7 Å². The third kappa shape index (κ3) is 4.89. The topological polar surface area (TPSA) is 124 Å². The molecule has 0 aromatic heterocycles. The van der Waals surface area contributed by atoms with Crippen molar-refractivity contribution in [3.63, 3.8) is 0 Å². The molecule has 25 heavy (non-hydrogen) atoms. The van der Waals surface area contributed by atoms with Gasteiger partial charge < -0.3 is 20.6 Å². The second-order valence-corrected chi connectivity index (χ2v) is 5.42. The van der Waals surface area contributed by atoms with Gasteiger partial charge in [-0.1, -0.05) is 42.5 Å². The van der Waals surface area contributed by atoms with Crippen LogP contribution in [0.2, 0.25) is 0 Å². The lowest BCUT2D eigenvalue weighted by Crippen LogP contribution is -2.44. The van der Waals surface area contributed by atoms with Gasteiger partial charge in [0.25, 0.3) is 5.91 Å². The molecular formula is C18H17NO6. The Morgan fingerprint density at radius 3 is 2.04 bits per heavy atom. The van der Waals surface area contributed by atoms with Gasteiger partial charge in [-0.3, -0.25) is 4.79 Å². The Balaban J connectivity index is 2.06. The van der Waals surface area contributed by atoms with E-state index < -0.39 is 30.0 Å². The molecule has 130 valence electrons. The first kappa shape index (κ1) is 18.2. The molecule has 0 aliphatic carbocycles. The van der Waals surface area contributed by atoms with E-state index in [4.69, 9.17) is 5.11 Å². The number of nitrogens with one attached hydrogen (secondary N) is 1. The smallest absolute Gasteiger partial charge is 0.335 e. The van der Waals surface area contributed by atoms with Crippen molar-refractivity contribution >= 4 is 17.8 Å². The number of carboxylic acid groups (broad SMARTS) is 2. The number of rotatable bonds is 7. The van der Waals surface area contributed by atoms with Crippen molar-refractivity contribution in [1.82, 2.24) is 5.32 Å². The number of aromatic carboxylic acids is 1. The summed E-state index contributed by atoms with van der Waals surface area (Å²) in [6.07, 6.45) is -1.51. The molecule has 2 rings (SSSR count). The summed E-state index contributed by atoms with van der Waals surface area (Å²) in [5, 5.41) is 30.5. The zero-order valence-electron chi connectivity index (χ0n) is 13.1. The molecule has 7 nitrogen and oxygen atoms in total. The van der Waals surface area contributed by atoms with Gasteiger partial charge in [0.15, 0.2) is 6.10 Å². The van der Waals surface area contributed by atoms with Gasteiger partial charge in [-0.15, -0.1) is 0 Å². The molecule has 0 spiro atoms. The normalized spacial score (nSPS) is 12.8. The summed E-state index contributed by atoms with van der Waals surface area (Å²) in [7, 11) is 0.